The van der Waals surface area contributed by atoms with E-state index in [0.717, 1.165) is 209 Å². The fourth-order valence-electron chi connectivity index (χ4n) is 20.3. The second-order valence-corrected chi connectivity index (χ2v) is 39.4. The maximum atomic E-state index is 13.6. The molecule has 23 rings (SSSR count). The van der Waals surface area contributed by atoms with Gasteiger partial charge in [-0.05, 0) is 271 Å². The van der Waals surface area contributed by atoms with Gasteiger partial charge in [0.05, 0.1) is 116 Å². The lowest BCUT2D eigenvalue weighted by Gasteiger charge is -2.31. The quantitative estimate of drug-likeness (QED) is 0.0240. The standard InChI is InChI=1S/C30H33F2N7O.C29H31F2N7O.C28H31N7O.C24H25N7O/c31-30(32)8-12-39(13-9-30)19-21-14-23(17-33-16-21)22-4-7-27-26(15-22)28(37-36-27)29(40)35-24-5-6-25(34-18-24)20-38-10-2-1-3-11-38;30-29(31)8-11-38(19-29)17-20-12-22(15-32-14-20)21-4-7-26-25(13-21)27(36-35-26)28(39)34-23-5-6-24(33-16-23)18-37-9-2-1-3-10-37;36-28(31-22-7-8-23(30-17-22)19-34-10-2-1-3-11-34)27-25-15-20(6-9-26(25)32-33-27)21-14-24(18-29-16-21)35-12-4-5-13-35;25-18-10-17(12-26-13-18)16-4-7-22-21(11-16)23(30-29-22)24(32)28-19-5-6-20(27-14-19)15-31-8-2-1-3-9-31/h4-7,14-18H,1-3,8-13,19-20H2,(H,35,40)(H,36,37);4-7,12-16H,1-3,8-11,17-19H2,(H,34,39)(H,35,36);6-9,14-18H,1-5,10-13,19H2,(H,31,36)(H,32,33);4-7,10-14H,1-3,8-9,15,25H2,(H,28,32)(H,29,30). The van der Waals surface area contributed by atoms with E-state index in [4.69, 9.17) is 5.73 Å². The second kappa shape index (κ2) is 46.1. The van der Waals surface area contributed by atoms with Crippen LogP contribution in [-0.4, -0.2) is 237 Å². The van der Waals surface area contributed by atoms with Crippen LogP contribution in [0.1, 0.15) is 185 Å². The van der Waals surface area contributed by atoms with Crippen molar-refractivity contribution in [2.24, 2.45) is 0 Å². The number of carbonyl (C=O) groups excluding carboxylic acids is 4. The highest BCUT2D eigenvalue weighted by Gasteiger charge is 2.39. The number of halogens is 4. The van der Waals surface area contributed by atoms with Crippen LogP contribution < -0.4 is 31.9 Å². The van der Waals surface area contributed by atoms with E-state index < -0.39 is 11.8 Å². The number of rotatable bonds is 25. The van der Waals surface area contributed by atoms with Crippen molar-refractivity contribution < 1.29 is 36.7 Å². The lowest BCUT2D eigenvalue weighted by Crippen LogP contribution is -2.38. The van der Waals surface area contributed by atoms with Gasteiger partial charge in [-0.3, -0.25) is 109 Å². The molecular formula is C111H120F4N28O4. The molecule has 756 valence electrons. The molecule has 12 aromatic heterocycles. The summed E-state index contributed by atoms with van der Waals surface area (Å²) in [4.78, 5) is 104. The number of carbonyl (C=O) groups is 4. The molecule has 0 bridgehead atoms. The van der Waals surface area contributed by atoms with Crippen LogP contribution in [-0.2, 0) is 39.3 Å². The Morgan fingerprint density at radius 2 is 0.578 bits per heavy atom. The van der Waals surface area contributed by atoms with Crippen LogP contribution in [0, 0.1) is 0 Å². The van der Waals surface area contributed by atoms with Crippen molar-refractivity contribution in [1.29, 1.82) is 0 Å². The van der Waals surface area contributed by atoms with E-state index in [1.807, 2.05) is 157 Å². The molecule has 36 heteroatoms. The van der Waals surface area contributed by atoms with Gasteiger partial charge in [-0.1, -0.05) is 49.9 Å². The summed E-state index contributed by atoms with van der Waals surface area (Å²) < 4.78 is 54.3. The molecule has 147 heavy (non-hydrogen) atoms. The fraction of sp³-hybridized carbons (Fsp3) is 0.351. The van der Waals surface area contributed by atoms with E-state index in [1.54, 1.807) is 66.9 Å². The van der Waals surface area contributed by atoms with Crippen molar-refractivity contribution in [1.82, 2.24) is 110 Å². The number of hydrogen-bond acceptors (Lipinski definition) is 24. The number of hydrogen-bond donors (Lipinski definition) is 9. The van der Waals surface area contributed by atoms with E-state index in [1.165, 1.54) is 89.9 Å². The first-order chi connectivity index (χ1) is 71.7. The number of aromatic nitrogens is 16. The molecule has 0 spiro atoms. The minimum absolute atomic E-state index is 0.110. The lowest BCUT2D eigenvalue weighted by atomic mass is 10.0. The van der Waals surface area contributed by atoms with Crippen molar-refractivity contribution in [3.63, 3.8) is 0 Å². The monoisotopic (exact) mass is 1980 g/mol. The number of benzene rings is 4. The van der Waals surface area contributed by atoms with Crippen molar-refractivity contribution in [2.45, 2.75) is 160 Å². The van der Waals surface area contributed by atoms with Gasteiger partial charge in [0.1, 0.15) is 0 Å². The first kappa shape index (κ1) is 99.3. The maximum absolute atomic E-state index is 13.6. The van der Waals surface area contributed by atoms with Crippen LogP contribution in [0.4, 0.5) is 51.7 Å². The smallest absolute Gasteiger partial charge is 0.276 e. The van der Waals surface area contributed by atoms with Crippen LogP contribution >= 0.6 is 0 Å². The minimum atomic E-state index is -2.63. The number of likely N-dealkylation sites (tertiary alicyclic amines) is 6. The lowest BCUT2D eigenvalue weighted by molar-refractivity contribution is -0.0566. The minimum Gasteiger partial charge on any atom is -0.397 e. The zero-order valence-corrected chi connectivity index (χ0v) is 82.2. The SMILES string of the molecule is Nc1cncc(-c2ccc3[nH]nc(C(=O)Nc4ccc(CN5CCCCC5)nc4)c3c2)c1.O=C(Nc1ccc(CN2CCCCC2)nc1)c1n[nH]c2ccc(-c3cncc(CN4CCC(F)(F)C4)c3)cc12.O=C(Nc1ccc(CN2CCCCC2)nc1)c1n[nH]c2ccc(-c3cncc(CN4CCC(F)(F)CC4)c3)cc12.O=C(Nc1ccc(CN2CCCCC2)nc1)c1n[nH]c2ccc(-c3cncc(N4CCCC4)c3)cc12. The largest absolute Gasteiger partial charge is 0.397 e. The molecule has 4 amide bonds. The van der Waals surface area contributed by atoms with Crippen LogP contribution in [0.3, 0.4) is 0 Å². The third-order valence-electron chi connectivity index (χ3n) is 28.3. The fourth-order valence-corrected chi connectivity index (χ4v) is 20.3. The Bertz CT molecular complexity index is 7240. The van der Waals surface area contributed by atoms with E-state index in [2.05, 4.69) is 132 Å². The van der Waals surface area contributed by atoms with Gasteiger partial charge < -0.3 is 31.9 Å². The molecule has 7 saturated heterocycles. The van der Waals surface area contributed by atoms with E-state index in [9.17, 15) is 36.7 Å². The molecule has 0 aliphatic carbocycles. The summed E-state index contributed by atoms with van der Waals surface area (Å²) in [6, 6.07) is 46.7. The van der Waals surface area contributed by atoms with Crippen LogP contribution in [0.25, 0.3) is 88.1 Å². The number of piperidine rings is 5. The topological polar surface area (TPSA) is 383 Å². The highest BCUT2D eigenvalue weighted by molar-refractivity contribution is 6.14. The van der Waals surface area contributed by atoms with Crippen LogP contribution in [0.15, 0.2) is 220 Å². The molecule has 0 radical (unpaired) electrons. The number of nitrogens with zero attached hydrogens (tertiary/aromatic N) is 19. The average molecular weight is 1990 g/mol. The molecule has 0 atom stereocenters. The number of fused-ring (bicyclic) bond motifs is 4. The number of nitrogens with one attached hydrogen (secondary N) is 8. The van der Waals surface area contributed by atoms with E-state index in [0.29, 0.717) is 89.0 Å². The predicted octanol–water partition coefficient (Wildman–Crippen LogP) is 19.3. The summed E-state index contributed by atoms with van der Waals surface area (Å²) in [6.45, 7) is 16.3. The number of amides is 4. The van der Waals surface area contributed by atoms with Crippen LogP contribution in [0.2, 0.25) is 0 Å². The Labute approximate surface area is 848 Å². The summed E-state index contributed by atoms with van der Waals surface area (Å²) in [5, 5.41) is 43.5. The number of aromatic amines is 4. The summed E-state index contributed by atoms with van der Waals surface area (Å²) in [7, 11) is 0. The molecule has 32 nitrogen and oxygen atoms in total. The normalized spacial score (nSPS) is 16.9. The second-order valence-electron chi connectivity index (χ2n) is 39.4. The van der Waals surface area contributed by atoms with Crippen molar-refractivity contribution in [3.8, 4) is 44.5 Å². The van der Waals surface area contributed by atoms with Gasteiger partial charge in [-0.25, -0.2) is 17.6 Å². The zero-order valence-electron chi connectivity index (χ0n) is 82.2. The Morgan fingerprint density at radius 3 is 0.898 bits per heavy atom. The summed E-state index contributed by atoms with van der Waals surface area (Å²) >= 11 is 0. The van der Waals surface area contributed by atoms with Crippen molar-refractivity contribution in [3.05, 3.63) is 277 Å². The summed E-state index contributed by atoms with van der Waals surface area (Å²) in [5.41, 5.74) is 27.7. The molecule has 7 aliphatic heterocycles. The van der Waals surface area contributed by atoms with E-state index in [-0.39, 0.29) is 55.1 Å². The number of alkyl halides is 4. The summed E-state index contributed by atoms with van der Waals surface area (Å²) in [5.74, 6) is -6.38. The molecule has 0 unspecified atom stereocenters. The molecule has 0 saturated carbocycles. The molecular weight excluding hydrogens is 1870 g/mol. The van der Waals surface area contributed by atoms with E-state index >= 15 is 0 Å². The molecule has 19 heterocycles. The van der Waals surface area contributed by atoms with Gasteiger partial charge in [0, 0.05) is 178 Å². The van der Waals surface area contributed by atoms with Gasteiger partial charge in [-0.2, -0.15) is 20.4 Å². The Hall–Kier alpha value is -15.1. The molecule has 7 fully saturated rings. The van der Waals surface area contributed by atoms with Gasteiger partial charge >= 0.3 is 0 Å². The molecule has 4 aromatic carbocycles. The highest BCUT2D eigenvalue weighted by Crippen LogP contribution is 2.37. The Kier molecular flexibility index (Phi) is 31.1. The first-order valence-electron chi connectivity index (χ1n) is 51.1. The predicted molar refractivity (Wildman–Crippen MR) is 563 cm³/mol. The Morgan fingerprint density at radius 1 is 0.286 bits per heavy atom. The number of nitrogens with two attached hydrogens (primary N) is 1. The van der Waals surface area contributed by atoms with Crippen LogP contribution in [0.5, 0.6) is 0 Å². The molecule has 10 N–H and O–H groups in total. The Balaban J connectivity index is 0.000000119. The number of anilines is 6. The van der Waals surface area contributed by atoms with Crippen molar-refractivity contribution in [2.75, 3.05) is 124 Å². The molecule has 7 aliphatic rings. The maximum Gasteiger partial charge on any atom is 0.276 e. The van der Waals surface area contributed by atoms with Gasteiger partial charge in [0.25, 0.3) is 35.5 Å². The zero-order chi connectivity index (χ0) is 101. The average Bonchev–Trinajstić information content (AvgIpc) is 1.67. The van der Waals surface area contributed by atoms with Gasteiger partial charge in [0.15, 0.2) is 22.8 Å². The van der Waals surface area contributed by atoms with Gasteiger partial charge in [0.2, 0.25) is 0 Å². The number of pyridine rings is 8. The van der Waals surface area contributed by atoms with Crippen molar-refractivity contribution >= 4 is 101 Å². The first-order valence-corrected chi connectivity index (χ1v) is 51.1. The highest BCUT2D eigenvalue weighted by atomic mass is 19.3. The third-order valence-corrected chi connectivity index (χ3v) is 28.3. The third kappa shape index (κ3) is 25.7. The summed E-state index contributed by atoms with van der Waals surface area (Å²) in [6.07, 6.45) is 38.2. The van der Waals surface area contributed by atoms with Gasteiger partial charge in [-0.15, -0.1) is 0 Å². The molecule has 16 aromatic rings. The number of nitrogen functional groups attached to an aromatic ring is 1. The number of H-pyrrole nitrogens is 4.